The van der Waals surface area contributed by atoms with Crippen molar-refractivity contribution >= 4 is 29.2 Å². The smallest absolute Gasteiger partial charge is 0.344 e. The molecule has 0 N–H and O–H groups in total. The Morgan fingerprint density at radius 1 is 1.10 bits per heavy atom. The summed E-state index contributed by atoms with van der Waals surface area (Å²) in [6.07, 6.45) is -0.974. The Morgan fingerprint density at radius 2 is 1.69 bits per heavy atom. The Kier molecular flexibility index (Phi) is 6.34. The first-order chi connectivity index (χ1) is 13.9. The lowest BCUT2D eigenvalue weighted by Crippen LogP contribution is -2.40. The molecule has 0 aliphatic carbocycles. The summed E-state index contributed by atoms with van der Waals surface area (Å²) in [6.45, 7) is 5.55. The van der Waals surface area contributed by atoms with Crippen LogP contribution in [0.3, 0.4) is 0 Å². The van der Waals surface area contributed by atoms with Crippen LogP contribution in [0.5, 0.6) is 0 Å². The van der Waals surface area contributed by atoms with Gasteiger partial charge in [0.1, 0.15) is 10.7 Å². The average Bonchev–Trinajstić information content (AvgIpc) is 3.04. The van der Waals surface area contributed by atoms with Crippen molar-refractivity contribution in [2.45, 2.75) is 26.9 Å². The number of amides is 1. The number of esters is 1. The largest absolute Gasteiger partial charge is 0.449 e. The van der Waals surface area contributed by atoms with Crippen LogP contribution in [0.1, 0.15) is 29.9 Å². The fraction of sp³-hybridized carbons (Fsp3) is 0.227. The SMILES string of the molecule is CCN(C(=O)[C@H](C)OC(=O)c1c(C)nn(-c2ccccc2)c1Cl)c1ccccc1. The molecule has 0 bridgehead atoms. The number of anilines is 1. The van der Waals surface area contributed by atoms with Crippen LogP contribution in [0.25, 0.3) is 5.69 Å². The molecule has 3 rings (SSSR count). The quantitative estimate of drug-likeness (QED) is 0.563. The van der Waals surface area contributed by atoms with Crippen molar-refractivity contribution in [3.63, 3.8) is 0 Å². The summed E-state index contributed by atoms with van der Waals surface area (Å²) in [5, 5.41) is 4.49. The Morgan fingerprint density at radius 3 is 2.28 bits per heavy atom. The second kappa shape index (κ2) is 8.92. The molecule has 0 unspecified atom stereocenters. The molecule has 1 amide bonds. The number of benzene rings is 2. The number of rotatable bonds is 6. The summed E-state index contributed by atoms with van der Waals surface area (Å²) in [4.78, 5) is 27.2. The fourth-order valence-corrected chi connectivity index (χ4v) is 3.38. The molecule has 1 atom stereocenters. The van der Waals surface area contributed by atoms with E-state index in [1.54, 1.807) is 18.7 Å². The van der Waals surface area contributed by atoms with E-state index in [0.717, 1.165) is 11.4 Å². The third kappa shape index (κ3) is 4.32. The fourth-order valence-electron chi connectivity index (χ4n) is 3.03. The van der Waals surface area contributed by atoms with E-state index >= 15 is 0 Å². The van der Waals surface area contributed by atoms with Gasteiger partial charge in [-0.05, 0) is 45.0 Å². The van der Waals surface area contributed by atoms with E-state index in [9.17, 15) is 9.59 Å². The predicted octanol–water partition coefficient (Wildman–Crippen LogP) is 4.43. The van der Waals surface area contributed by atoms with Gasteiger partial charge in [0.2, 0.25) is 0 Å². The lowest BCUT2D eigenvalue weighted by atomic mass is 10.2. The van der Waals surface area contributed by atoms with Gasteiger partial charge in [-0.3, -0.25) is 4.79 Å². The van der Waals surface area contributed by atoms with Gasteiger partial charge in [-0.15, -0.1) is 0 Å². The third-order valence-electron chi connectivity index (χ3n) is 4.49. The minimum Gasteiger partial charge on any atom is -0.449 e. The molecule has 0 aliphatic heterocycles. The molecule has 0 aliphatic rings. The summed E-state index contributed by atoms with van der Waals surface area (Å²) in [5.74, 6) is -0.990. The van der Waals surface area contributed by atoms with E-state index in [4.69, 9.17) is 16.3 Å². The van der Waals surface area contributed by atoms with Crippen molar-refractivity contribution in [1.82, 2.24) is 9.78 Å². The molecule has 0 fully saturated rings. The summed E-state index contributed by atoms with van der Waals surface area (Å²) in [6, 6.07) is 18.5. The highest BCUT2D eigenvalue weighted by molar-refractivity contribution is 6.33. The minimum absolute atomic E-state index is 0.147. The lowest BCUT2D eigenvalue weighted by Gasteiger charge is -2.24. The molecule has 0 saturated carbocycles. The van der Waals surface area contributed by atoms with Gasteiger partial charge in [-0.25, -0.2) is 9.48 Å². The van der Waals surface area contributed by atoms with Crippen LogP contribution in [0.15, 0.2) is 60.7 Å². The molecule has 2 aromatic carbocycles. The molecular formula is C22H22ClN3O3. The molecule has 1 heterocycles. The number of carbonyl (C=O) groups is 2. The molecular weight excluding hydrogens is 390 g/mol. The van der Waals surface area contributed by atoms with Gasteiger partial charge in [0.25, 0.3) is 5.91 Å². The van der Waals surface area contributed by atoms with Crippen molar-refractivity contribution in [2.24, 2.45) is 0 Å². The van der Waals surface area contributed by atoms with Gasteiger partial charge in [0.05, 0.1) is 11.4 Å². The van der Waals surface area contributed by atoms with Crippen molar-refractivity contribution < 1.29 is 14.3 Å². The van der Waals surface area contributed by atoms with Crippen molar-refractivity contribution in [3.05, 3.63) is 77.1 Å². The number of aromatic nitrogens is 2. The normalized spacial score (nSPS) is 11.7. The Labute approximate surface area is 174 Å². The zero-order chi connectivity index (χ0) is 21.0. The molecule has 0 spiro atoms. The van der Waals surface area contributed by atoms with Crippen LogP contribution in [-0.2, 0) is 9.53 Å². The summed E-state index contributed by atoms with van der Waals surface area (Å²) < 4.78 is 6.92. The maximum absolute atomic E-state index is 12.8. The van der Waals surface area contributed by atoms with Gasteiger partial charge in [0.15, 0.2) is 6.10 Å². The highest BCUT2D eigenvalue weighted by atomic mass is 35.5. The molecule has 6 nitrogen and oxygen atoms in total. The van der Waals surface area contributed by atoms with Crippen molar-refractivity contribution in [1.29, 1.82) is 0 Å². The number of likely N-dealkylation sites (N-methyl/N-ethyl adjacent to an activating group) is 1. The highest BCUT2D eigenvalue weighted by Gasteiger charge is 2.28. The predicted molar refractivity (Wildman–Crippen MR) is 113 cm³/mol. The van der Waals surface area contributed by atoms with Gasteiger partial charge < -0.3 is 9.64 Å². The van der Waals surface area contributed by atoms with Crippen molar-refractivity contribution in [2.75, 3.05) is 11.4 Å². The van der Waals surface area contributed by atoms with E-state index < -0.39 is 12.1 Å². The summed E-state index contributed by atoms with van der Waals surface area (Å²) >= 11 is 6.41. The lowest BCUT2D eigenvalue weighted by molar-refractivity contribution is -0.126. The molecule has 7 heteroatoms. The Bertz CT molecular complexity index is 1000. The maximum Gasteiger partial charge on any atom is 0.344 e. The van der Waals surface area contributed by atoms with Gasteiger partial charge >= 0.3 is 5.97 Å². The summed E-state index contributed by atoms with van der Waals surface area (Å²) in [7, 11) is 0. The number of nitrogens with zero attached hydrogens (tertiary/aromatic N) is 3. The Balaban J connectivity index is 1.79. The molecule has 3 aromatic rings. The maximum atomic E-state index is 12.8. The first kappa shape index (κ1) is 20.6. The molecule has 150 valence electrons. The second-order valence-electron chi connectivity index (χ2n) is 6.46. The molecule has 29 heavy (non-hydrogen) atoms. The van der Waals surface area contributed by atoms with Crippen molar-refractivity contribution in [3.8, 4) is 5.69 Å². The zero-order valence-electron chi connectivity index (χ0n) is 16.5. The number of aryl methyl sites for hydroxylation is 1. The minimum atomic E-state index is -0.974. The van der Waals surface area contributed by atoms with E-state index in [1.165, 1.54) is 4.68 Å². The molecule has 1 aromatic heterocycles. The number of halogens is 1. The van der Waals surface area contributed by atoms with Crippen LogP contribution >= 0.6 is 11.6 Å². The van der Waals surface area contributed by atoms with Gasteiger partial charge in [0, 0.05) is 12.2 Å². The van der Waals surface area contributed by atoms with Crippen LogP contribution in [-0.4, -0.2) is 34.3 Å². The Hall–Kier alpha value is -3.12. The molecule has 0 radical (unpaired) electrons. The van der Waals surface area contributed by atoms with Gasteiger partial charge in [-0.2, -0.15) is 5.10 Å². The van der Waals surface area contributed by atoms with Crippen LogP contribution in [0, 0.1) is 6.92 Å². The van der Waals surface area contributed by atoms with E-state index in [2.05, 4.69) is 5.10 Å². The second-order valence-corrected chi connectivity index (χ2v) is 6.82. The van der Waals surface area contributed by atoms with Gasteiger partial charge in [-0.1, -0.05) is 48.0 Å². The summed E-state index contributed by atoms with van der Waals surface area (Å²) in [5.41, 5.74) is 2.05. The topological polar surface area (TPSA) is 64.4 Å². The first-order valence-corrected chi connectivity index (χ1v) is 9.69. The van der Waals surface area contributed by atoms with Crippen LogP contribution < -0.4 is 4.90 Å². The van der Waals surface area contributed by atoms with Crippen LogP contribution in [0.4, 0.5) is 5.69 Å². The number of para-hydroxylation sites is 2. The van der Waals surface area contributed by atoms with E-state index in [0.29, 0.717) is 12.2 Å². The number of hydrogen-bond donors (Lipinski definition) is 0. The third-order valence-corrected chi connectivity index (χ3v) is 4.84. The molecule has 0 saturated heterocycles. The standard InChI is InChI=1S/C22H22ClN3O3/c1-4-25(17-11-7-5-8-12-17)21(27)16(3)29-22(28)19-15(2)24-26(20(19)23)18-13-9-6-10-14-18/h5-14,16H,4H2,1-3H3/t16-/m0/s1. The van der Waals surface area contributed by atoms with Crippen LogP contribution in [0.2, 0.25) is 5.15 Å². The number of hydrogen-bond acceptors (Lipinski definition) is 4. The number of ether oxygens (including phenoxy) is 1. The monoisotopic (exact) mass is 411 g/mol. The number of carbonyl (C=O) groups excluding carboxylic acids is 2. The van der Waals surface area contributed by atoms with E-state index in [-0.39, 0.29) is 16.6 Å². The average molecular weight is 412 g/mol. The zero-order valence-corrected chi connectivity index (χ0v) is 17.3. The van der Waals surface area contributed by atoms with E-state index in [1.807, 2.05) is 67.6 Å². The highest BCUT2D eigenvalue weighted by Crippen LogP contribution is 2.25. The first-order valence-electron chi connectivity index (χ1n) is 9.32.